The predicted octanol–water partition coefficient (Wildman–Crippen LogP) is 1.94. The summed E-state index contributed by atoms with van der Waals surface area (Å²) in [6.45, 7) is 10.9. The van der Waals surface area contributed by atoms with E-state index in [0.717, 1.165) is 0 Å². The minimum atomic E-state index is -1.93. The summed E-state index contributed by atoms with van der Waals surface area (Å²) in [5.41, 5.74) is 0. The third-order valence-electron chi connectivity index (χ3n) is 1.65. The summed E-state index contributed by atoms with van der Waals surface area (Å²) >= 11 is 0. The van der Waals surface area contributed by atoms with Crippen LogP contribution in [-0.4, -0.2) is 35.0 Å². The van der Waals surface area contributed by atoms with Crippen molar-refractivity contribution in [2.75, 3.05) is 20.3 Å². The van der Waals surface area contributed by atoms with Crippen molar-refractivity contribution in [3.05, 3.63) is 12.7 Å². The van der Waals surface area contributed by atoms with Crippen LogP contribution in [0.3, 0.4) is 0 Å². The second-order valence-electron chi connectivity index (χ2n) is 3.15. The zero-order chi connectivity index (χ0) is 10.3. The van der Waals surface area contributed by atoms with Crippen molar-refractivity contribution in [1.82, 2.24) is 0 Å². The highest BCUT2D eigenvalue weighted by Crippen LogP contribution is 2.07. The van der Waals surface area contributed by atoms with Gasteiger partial charge in [0.05, 0.1) is 12.7 Å². The van der Waals surface area contributed by atoms with E-state index in [1.165, 1.54) is 0 Å². The van der Waals surface area contributed by atoms with Crippen molar-refractivity contribution >= 4 is 8.56 Å². The van der Waals surface area contributed by atoms with E-state index in [1.54, 1.807) is 13.2 Å². The fraction of sp³-hybridized carbons (Fsp3) is 0.778. The van der Waals surface area contributed by atoms with Crippen LogP contribution in [0.4, 0.5) is 0 Å². The summed E-state index contributed by atoms with van der Waals surface area (Å²) in [5, 5.41) is 0. The zero-order valence-electron chi connectivity index (χ0n) is 9.00. The van der Waals surface area contributed by atoms with Gasteiger partial charge in [-0.25, -0.2) is 0 Å². The molecule has 3 nitrogen and oxygen atoms in total. The van der Waals surface area contributed by atoms with Crippen molar-refractivity contribution in [1.29, 1.82) is 0 Å². The van der Waals surface area contributed by atoms with Crippen LogP contribution in [0.1, 0.15) is 6.92 Å². The third kappa shape index (κ3) is 5.98. The van der Waals surface area contributed by atoms with Gasteiger partial charge < -0.3 is 13.6 Å². The van der Waals surface area contributed by atoms with Crippen LogP contribution in [0.25, 0.3) is 0 Å². The quantitative estimate of drug-likeness (QED) is 0.468. The molecule has 0 rings (SSSR count). The Bertz CT molecular complexity index is 148. The highest BCUT2D eigenvalue weighted by molar-refractivity contribution is 6.64. The maximum atomic E-state index is 5.63. The first-order valence-corrected chi connectivity index (χ1v) is 7.30. The molecule has 0 aromatic rings. The van der Waals surface area contributed by atoms with Gasteiger partial charge in [-0.1, -0.05) is 6.08 Å². The first-order valence-electron chi connectivity index (χ1n) is 4.49. The minimum absolute atomic E-state index is 0.0350. The van der Waals surface area contributed by atoms with Gasteiger partial charge in [0, 0.05) is 13.7 Å². The fourth-order valence-corrected chi connectivity index (χ4v) is 2.25. The second-order valence-corrected chi connectivity index (χ2v) is 6.53. The van der Waals surface area contributed by atoms with Crippen LogP contribution in [0.5, 0.6) is 0 Å². The van der Waals surface area contributed by atoms with Crippen LogP contribution in [0, 0.1) is 0 Å². The number of methoxy groups -OCH3 is 1. The van der Waals surface area contributed by atoms with E-state index >= 15 is 0 Å². The van der Waals surface area contributed by atoms with Gasteiger partial charge in [0.2, 0.25) is 0 Å². The topological polar surface area (TPSA) is 27.7 Å². The summed E-state index contributed by atoms with van der Waals surface area (Å²) in [6, 6.07) is 0. The molecule has 0 aliphatic heterocycles. The molecule has 0 fully saturated rings. The van der Waals surface area contributed by atoms with Crippen LogP contribution in [0.15, 0.2) is 12.7 Å². The molecule has 0 amide bonds. The number of hydrogen-bond donors (Lipinski definition) is 0. The Morgan fingerprint density at radius 1 is 1.38 bits per heavy atom. The zero-order valence-corrected chi connectivity index (χ0v) is 10.0. The van der Waals surface area contributed by atoms with E-state index < -0.39 is 8.56 Å². The molecule has 4 heteroatoms. The van der Waals surface area contributed by atoms with E-state index in [2.05, 4.69) is 6.58 Å². The van der Waals surface area contributed by atoms with Crippen LogP contribution in [-0.2, 0) is 13.6 Å². The van der Waals surface area contributed by atoms with Crippen LogP contribution in [0.2, 0.25) is 13.1 Å². The Hall–Kier alpha value is -0.163. The molecular formula is C9H20O3Si. The highest BCUT2D eigenvalue weighted by Gasteiger charge is 2.24. The van der Waals surface area contributed by atoms with Crippen LogP contribution >= 0.6 is 0 Å². The molecule has 0 bridgehead atoms. The first kappa shape index (κ1) is 12.8. The van der Waals surface area contributed by atoms with Crippen molar-refractivity contribution < 1.29 is 13.6 Å². The Balaban J connectivity index is 3.77. The molecule has 0 aliphatic rings. The van der Waals surface area contributed by atoms with E-state index in [4.69, 9.17) is 13.6 Å². The Morgan fingerprint density at radius 2 is 2.00 bits per heavy atom. The largest absolute Gasteiger partial charge is 0.395 e. The SMILES string of the molecule is C=CC(CO[Si](C)(C)OCC)OC. The Morgan fingerprint density at radius 3 is 2.38 bits per heavy atom. The highest BCUT2D eigenvalue weighted by atomic mass is 28.4. The monoisotopic (exact) mass is 204 g/mol. The average Bonchev–Trinajstić information content (AvgIpc) is 2.06. The molecule has 1 unspecified atom stereocenters. The molecule has 0 spiro atoms. The average molecular weight is 204 g/mol. The Labute approximate surface area is 81.9 Å². The molecule has 0 aromatic carbocycles. The lowest BCUT2D eigenvalue weighted by Gasteiger charge is -2.23. The van der Waals surface area contributed by atoms with Gasteiger partial charge in [-0.15, -0.1) is 6.58 Å². The summed E-state index contributed by atoms with van der Waals surface area (Å²) < 4.78 is 16.2. The lowest BCUT2D eigenvalue weighted by atomic mass is 10.4. The molecule has 13 heavy (non-hydrogen) atoms. The number of hydrogen-bond acceptors (Lipinski definition) is 3. The summed E-state index contributed by atoms with van der Waals surface area (Å²) in [6.07, 6.45) is 1.70. The number of ether oxygens (including phenoxy) is 1. The van der Waals surface area contributed by atoms with E-state index in [9.17, 15) is 0 Å². The van der Waals surface area contributed by atoms with E-state index in [1.807, 2.05) is 20.0 Å². The second kappa shape index (κ2) is 6.31. The van der Waals surface area contributed by atoms with Crippen molar-refractivity contribution in [2.45, 2.75) is 26.1 Å². The van der Waals surface area contributed by atoms with Gasteiger partial charge in [0.1, 0.15) is 0 Å². The summed E-state index contributed by atoms with van der Waals surface area (Å²) in [5.74, 6) is 0. The van der Waals surface area contributed by atoms with Crippen molar-refractivity contribution in [2.24, 2.45) is 0 Å². The number of rotatable bonds is 7. The van der Waals surface area contributed by atoms with Gasteiger partial charge in [0.15, 0.2) is 0 Å². The molecule has 0 aromatic heterocycles. The van der Waals surface area contributed by atoms with Gasteiger partial charge in [0.25, 0.3) is 0 Å². The van der Waals surface area contributed by atoms with Gasteiger partial charge >= 0.3 is 8.56 Å². The van der Waals surface area contributed by atoms with E-state index in [0.29, 0.717) is 13.2 Å². The van der Waals surface area contributed by atoms with Gasteiger partial charge in [-0.2, -0.15) is 0 Å². The molecule has 0 heterocycles. The lowest BCUT2D eigenvalue weighted by Crippen LogP contribution is -2.37. The predicted molar refractivity (Wildman–Crippen MR) is 56.1 cm³/mol. The van der Waals surface area contributed by atoms with Crippen LogP contribution < -0.4 is 0 Å². The molecular weight excluding hydrogens is 184 g/mol. The van der Waals surface area contributed by atoms with Gasteiger partial charge in [-0.3, -0.25) is 0 Å². The third-order valence-corrected chi connectivity index (χ3v) is 3.50. The molecule has 78 valence electrons. The van der Waals surface area contributed by atoms with Crippen molar-refractivity contribution in [3.63, 3.8) is 0 Å². The molecule has 0 saturated carbocycles. The summed E-state index contributed by atoms with van der Waals surface area (Å²) in [7, 11) is -0.283. The molecule has 0 saturated heterocycles. The Kier molecular flexibility index (Phi) is 6.24. The maximum absolute atomic E-state index is 5.63. The smallest absolute Gasteiger partial charge is 0.331 e. The normalized spacial score (nSPS) is 14.2. The molecule has 0 N–H and O–H groups in total. The maximum Gasteiger partial charge on any atom is 0.331 e. The minimum Gasteiger partial charge on any atom is -0.395 e. The lowest BCUT2D eigenvalue weighted by molar-refractivity contribution is 0.0714. The standard InChI is InChI=1S/C9H20O3Si/c1-6-9(10-3)8-12-13(4,5)11-7-2/h6,9H,1,7-8H2,2-5H3. The molecule has 1 atom stereocenters. The summed E-state index contributed by atoms with van der Waals surface area (Å²) in [4.78, 5) is 0. The van der Waals surface area contributed by atoms with Gasteiger partial charge in [-0.05, 0) is 20.0 Å². The first-order chi connectivity index (χ1) is 6.05. The van der Waals surface area contributed by atoms with E-state index in [-0.39, 0.29) is 6.10 Å². The fourth-order valence-electron chi connectivity index (χ4n) is 0.904. The molecule has 0 radical (unpaired) electrons. The molecule has 0 aliphatic carbocycles. The van der Waals surface area contributed by atoms with Crippen molar-refractivity contribution in [3.8, 4) is 0 Å².